The summed E-state index contributed by atoms with van der Waals surface area (Å²) in [6, 6.07) is 4.12. The molecule has 0 aliphatic carbocycles. The second kappa shape index (κ2) is 4.65. The molecule has 2 saturated heterocycles. The smallest absolute Gasteiger partial charge is 0.352 e. The predicted octanol–water partition coefficient (Wildman–Crippen LogP) is 2.12. The number of benzene rings is 1. The van der Waals surface area contributed by atoms with Crippen molar-refractivity contribution in [3.8, 4) is 0 Å². The highest BCUT2D eigenvalue weighted by molar-refractivity contribution is 7.98. The molecule has 0 amide bonds. The number of rotatable bonds is 1. The molecule has 2 aliphatic rings. The van der Waals surface area contributed by atoms with Crippen LogP contribution in [0.5, 0.6) is 0 Å². The number of fused-ring (bicyclic) bond motifs is 1. The third-order valence-electron chi connectivity index (χ3n) is 3.65. The van der Waals surface area contributed by atoms with E-state index in [0.717, 1.165) is 12.1 Å². The maximum atomic E-state index is 12.8. The Hall–Kier alpha value is -1.19. The Morgan fingerprint density at radius 2 is 2.10 bits per heavy atom. The first-order chi connectivity index (χ1) is 9.67. The number of hydrogen-bond donors (Lipinski definition) is 2. The summed E-state index contributed by atoms with van der Waals surface area (Å²) in [5.74, 6) is 0.0638. The molecule has 4 nitrogen and oxygen atoms in total. The molecule has 2 N–H and O–H groups in total. The lowest BCUT2D eigenvalue weighted by Crippen LogP contribution is -2.37. The first kappa shape index (κ1) is 14.7. The number of thiocarbonyl (C=S) groups is 1. The summed E-state index contributed by atoms with van der Waals surface area (Å²) in [5.41, 5.74) is -0.485. The molecule has 0 spiro atoms. The molecule has 1 unspecified atom stereocenters. The Morgan fingerprint density at radius 3 is 2.76 bits per heavy atom. The van der Waals surface area contributed by atoms with E-state index < -0.39 is 28.0 Å². The van der Waals surface area contributed by atoms with Crippen molar-refractivity contribution in [1.82, 2.24) is 5.32 Å². The minimum atomic E-state index is -4.44. The Bertz CT molecular complexity index is 650. The average molecular weight is 337 g/mol. The van der Waals surface area contributed by atoms with Gasteiger partial charge in [-0.15, -0.1) is 0 Å². The van der Waals surface area contributed by atoms with Crippen molar-refractivity contribution in [3.63, 3.8) is 0 Å². The zero-order valence-electron chi connectivity index (χ0n) is 10.6. The van der Waals surface area contributed by atoms with E-state index in [1.54, 1.807) is 0 Å². The van der Waals surface area contributed by atoms with Gasteiger partial charge in [-0.2, -0.15) is 17.7 Å². The van der Waals surface area contributed by atoms with Crippen LogP contribution in [0.2, 0.25) is 0 Å². The Labute approximate surface area is 125 Å². The van der Waals surface area contributed by atoms with Gasteiger partial charge >= 0.3 is 6.18 Å². The molecule has 9 heteroatoms. The molecule has 3 atom stereocenters. The molecule has 1 aromatic rings. The van der Waals surface area contributed by atoms with E-state index in [9.17, 15) is 21.9 Å². The van der Waals surface area contributed by atoms with E-state index >= 15 is 0 Å². The van der Waals surface area contributed by atoms with Gasteiger partial charge < -0.3 is 10.2 Å². The molecule has 1 aromatic carbocycles. The van der Waals surface area contributed by atoms with Crippen molar-refractivity contribution in [1.29, 1.82) is 0 Å². The van der Waals surface area contributed by atoms with Crippen molar-refractivity contribution in [3.05, 3.63) is 29.8 Å². The normalized spacial score (nSPS) is 32.2. The standard InChI is InChI=1S/C12H11F3N2O2S2/c13-12(14,15)7-2-1-3-8(4-7)17-10-6-21(18,19)5-9(10)16-11(17)20/h1-4,9-10H,5-6H2,(H-,16,18,19,20)/p+1/t9-,10-/m0/s1. The third-order valence-corrected chi connectivity index (χ3v) is 5.70. The van der Waals surface area contributed by atoms with Gasteiger partial charge in [0.1, 0.15) is 12.1 Å². The highest BCUT2D eigenvalue weighted by Gasteiger charge is 2.54. The van der Waals surface area contributed by atoms with Crippen LogP contribution in [0.4, 0.5) is 18.9 Å². The van der Waals surface area contributed by atoms with Gasteiger partial charge in [-0.25, -0.2) is 0 Å². The Balaban J connectivity index is 1.96. The van der Waals surface area contributed by atoms with Crippen LogP contribution < -0.4 is 10.2 Å². The van der Waals surface area contributed by atoms with Crippen LogP contribution in [-0.2, 0) is 20.6 Å². The van der Waals surface area contributed by atoms with E-state index in [0.29, 0.717) is 5.11 Å². The van der Waals surface area contributed by atoms with Crippen molar-refractivity contribution >= 4 is 33.2 Å². The monoisotopic (exact) mass is 337 g/mol. The van der Waals surface area contributed by atoms with Crippen LogP contribution >= 0.6 is 12.2 Å². The number of halogens is 3. The van der Waals surface area contributed by atoms with Gasteiger partial charge in [0.25, 0.3) is 0 Å². The third kappa shape index (κ3) is 2.65. The fraction of sp³-hybridized carbons (Fsp3) is 0.417. The second-order valence-electron chi connectivity index (χ2n) is 5.15. The molecule has 2 aliphatic heterocycles. The van der Waals surface area contributed by atoms with Crippen molar-refractivity contribution < 1.29 is 21.9 Å². The van der Waals surface area contributed by atoms with Crippen molar-refractivity contribution in [2.24, 2.45) is 0 Å². The van der Waals surface area contributed by atoms with Gasteiger partial charge in [0.2, 0.25) is 10.2 Å². The number of nitrogens with zero attached hydrogens (tertiary/aromatic N) is 1. The molecular weight excluding hydrogens is 325 g/mol. The number of alkyl halides is 3. The summed E-state index contributed by atoms with van der Waals surface area (Å²) >= 11 is 5.15. The first-order valence-electron chi connectivity index (χ1n) is 6.16. The van der Waals surface area contributed by atoms with Gasteiger partial charge in [0.15, 0.2) is 16.6 Å². The first-order valence-corrected chi connectivity index (χ1v) is 8.42. The van der Waals surface area contributed by atoms with Gasteiger partial charge in [-0.05, 0) is 30.4 Å². The van der Waals surface area contributed by atoms with Crippen LogP contribution in [0, 0.1) is 0 Å². The van der Waals surface area contributed by atoms with Crippen LogP contribution in [0.3, 0.4) is 0 Å². The van der Waals surface area contributed by atoms with Gasteiger partial charge in [-0.3, -0.25) is 0 Å². The number of anilines is 1. The lowest BCUT2D eigenvalue weighted by Gasteiger charge is -2.23. The molecular formula is C12H12F3N2O2S2+. The van der Waals surface area contributed by atoms with E-state index in [4.69, 9.17) is 12.2 Å². The van der Waals surface area contributed by atoms with Gasteiger partial charge in [0, 0.05) is 5.69 Å². The second-order valence-corrected chi connectivity index (χ2v) is 7.75. The van der Waals surface area contributed by atoms with Crippen molar-refractivity contribution in [2.75, 3.05) is 16.4 Å². The fourth-order valence-electron chi connectivity index (χ4n) is 2.75. The molecule has 2 heterocycles. The number of hydrogen-bond acceptors (Lipinski definition) is 2. The summed E-state index contributed by atoms with van der Waals surface area (Å²) in [5, 5.41) is 3.21. The molecule has 3 rings (SSSR count). The van der Waals surface area contributed by atoms with Gasteiger partial charge in [0.05, 0.1) is 5.56 Å². The van der Waals surface area contributed by atoms with Crippen LogP contribution in [0.25, 0.3) is 0 Å². The van der Waals surface area contributed by atoms with Crippen LogP contribution in [-0.4, -0.2) is 33.3 Å². The number of nitrogens with one attached hydrogen (secondary N) is 1. The highest BCUT2D eigenvalue weighted by atomic mass is 32.3. The molecule has 0 aromatic heterocycles. The van der Waals surface area contributed by atoms with E-state index in [-0.39, 0.29) is 23.2 Å². The molecule has 0 bridgehead atoms. The lowest BCUT2D eigenvalue weighted by atomic mass is 10.1. The quantitative estimate of drug-likeness (QED) is 0.607. The summed E-state index contributed by atoms with van der Waals surface area (Å²) < 4.78 is 59.8. The summed E-state index contributed by atoms with van der Waals surface area (Å²) in [6.45, 7) is 0. The lowest BCUT2D eigenvalue weighted by molar-refractivity contribution is -0.137. The maximum absolute atomic E-state index is 12.8. The molecule has 0 radical (unpaired) electrons. The summed E-state index contributed by atoms with van der Waals surface area (Å²) in [4.78, 5) is 1.51. The molecule has 2 fully saturated rings. The fourth-order valence-corrected chi connectivity index (χ4v) is 5.06. The van der Waals surface area contributed by atoms with Crippen LogP contribution in [0.15, 0.2) is 24.3 Å². The SMILES string of the molecule is O=[S+]1(O)C[C@@H]2NC(=S)N(c3cccc(C(F)(F)F)c3)[C@H]2C1. The molecule has 21 heavy (non-hydrogen) atoms. The minimum absolute atomic E-state index is 0.00104. The summed E-state index contributed by atoms with van der Waals surface area (Å²) in [7, 11) is -2.94. The predicted molar refractivity (Wildman–Crippen MR) is 77.6 cm³/mol. The Morgan fingerprint density at radius 1 is 1.38 bits per heavy atom. The highest BCUT2D eigenvalue weighted by Crippen LogP contribution is 2.35. The van der Waals surface area contributed by atoms with Crippen LogP contribution in [0.1, 0.15) is 5.56 Å². The molecule has 0 saturated carbocycles. The zero-order chi connectivity index (χ0) is 15.4. The van der Waals surface area contributed by atoms with E-state index in [1.807, 2.05) is 0 Å². The zero-order valence-corrected chi connectivity index (χ0v) is 12.3. The maximum Gasteiger partial charge on any atom is 0.416 e. The Kier molecular flexibility index (Phi) is 3.26. The minimum Gasteiger partial charge on any atom is -0.352 e. The molecule has 114 valence electrons. The van der Waals surface area contributed by atoms with E-state index in [1.165, 1.54) is 17.0 Å². The topological polar surface area (TPSA) is 52.6 Å². The summed E-state index contributed by atoms with van der Waals surface area (Å²) in [6.07, 6.45) is -4.44. The average Bonchev–Trinajstić information content (AvgIpc) is 2.78. The van der Waals surface area contributed by atoms with Crippen molar-refractivity contribution in [2.45, 2.75) is 18.3 Å². The largest absolute Gasteiger partial charge is 0.416 e. The van der Waals surface area contributed by atoms with E-state index in [2.05, 4.69) is 5.32 Å². The van der Waals surface area contributed by atoms with Gasteiger partial charge in [-0.1, -0.05) is 10.3 Å².